The summed E-state index contributed by atoms with van der Waals surface area (Å²) in [4.78, 5) is 19.0. The number of para-hydroxylation sites is 1. The minimum atomic E-state index is -0.0733. The molecular weight excluding hydrogens is 338 g/mol. The summed E-state index contributed by atoms with van der Waals surface area (Å²) in [5.41, 5.74) is 3.37. The van der Waals surface area contributed by atoms with Crippen molar-refractivity contribution in [2.45, 2.75) is 13.8 Å². The van der Waals surface area contributed by atoms with E-state index in [0.29, 0.717) is 17.9 Å². The third-order valence-electron chi connectivity index (χ3n) is 4.26. The monoisotopic (exact) mass is 361 g/mol. The van der Waals surface area contributed by atoms with Gasteiger partial charge in [-0.1, -0.05) is 24.3 Å². The van der Waals surface area contributed by atoms with E-state index in [1.54, 1.807) is 30.3 Å². The highest BCUT2D eigenvalue weighted by molar-refractivity contribution is 6.06. The van der Waals surface area contributed by atoms with Crippen LogP contribution < -0.4 is 15.0 Å². The largest absolute Gasteiger partial charge is 0.495 e. The molecule has 5 heteroatoms. The second kappa shape index (κ2) is 8.36. The van der Waals surface area contributed by atoms with E-state index in [9.17, 15) is 4.79 Å². The lowest BCUT2D eigenvalue weighted by Crippen LogP contribution is -2.30. The van der Waals surface area contributed by atoms with Gasteiger partial charge in [0.05, 0.1) is 18.4 Å². The van der Waals surface area contributed by atoms with Crippen LogP contribution in [-0.4, -0.2) is 24.5 Å². The van der Waals surface area contributed by atoms with Gasteiger partial charge in [0, 0.05) is 18.4 Å². The van der Waals surface area contributed by atoms with Crippen molar-refractivity contribution in [2.24, 2.45) is 0 Å². The fourth-order valence-corrected chi connectivity index (χ4v) is 2.86. The summed E-state index contributed by atoms with van der Waals surface area (Å²) in [5.74, 6) is 1.32. The SMILES string of the molecule is CCN(C(=O)c1ccc(Nc2cc(C)ccc2OC)nc1)c1ccccc1. The molecule has 0 atom stereocenters. The second-order valence-corrected chi connectivity index (χ2v) is 6.15. The van der Waals surface area contributed by atoms with Crippen molar-refractivity contribution < 1.29 is 9.53 Å². The maximum absolute atomic E-state index is 12.8. The van der Waals surface area contributed by atoms with Crippen LogP contribution in [0.15, 0.2) is 66.9 Å². The zero-order valence-corrected chi connectivity index (χ0v) is 15.8. The van der Waals surface area contributed by atoms with Crippen LogP contribution in [0, 0.1) is 6.92 Å². The van der Waals surface area contributed by atoms with E-state index >= 15 is 0 Å². The Morgan fingerprint density at radius 3 is 2.52 bits per heavy atom. The maximum Gasteiger partial charge on any atom is 0.259 e. The molecule has 0 saturated carbocycles. The van der Waals surface area contributed by atoms with Gasteiger partial charge in [0.25, 0.3) is 5.91 Å². The molecule has 1 heterocycles. The Kier molecular flexibility index (Phi) is 5.71. The smallest absolute Gasteiger partial charge is 0.259 e. The number of ether oxygens (including phenoxy) is 1. The number of rotatable bonds is 6. The average Bonchev–Trinajstić information content (AvgIpc) is 2.70. The Balaban J connectivity index is 1.79. The molecule has 0 fully saturated rings. The number of carbonyl (C=O) groups is 1. The summed E-state index contributed by atoms with van der Waals surface area (Å²) >= 11 is 0. The zero-order valence-electron chi connectivity index (χ0n) is 15.8. The Morgan fingerprint density at radius 2 is 1.89 bits per heavy atom. The lowest BCUT2D eigenvalue weighted by atomic mass is 10.2. The number of methoxy groups -OCH3 is 1. The van der Waals surface area contributed by atoms with E-state index < -0.39 is 0 Å². The van der Waals surface area contributed by atoms with Crippen molar-refractivity contribution in [3.63, 3.8) is 0 Å². The predicted octanol–water partition coefficient (Wildman–Crippen LogP) is 4.81. The molecule has 1 aromatic heterocycles. The molecule has 5 nitrogen and oxygen atoms in total. The van der Waals surface area contributed by atoms with Gasteiger partial charge in [0.15, 0.2) is 0 Å². The first-order valence-electron chi connectivity index (χ1n) is 8.87. The summed E-state index contributed by atoms with van der Waals surface area (Å²) in [5, 5.41) is 3.24. The number of aromatic nitrogens is 1. The van der Waals surface area contributed by atoms with Gasteiger partial charge in [-0.3, -0.25) is 4.79 Å². The number of hydrogen-bond acceptors (Lipinski definition) is 4. The van der Waals surface area contributed by atoms with Gasteiger partial charge < -0.3 is 15.0 Å². The molecule has 1 N–H and O–H groups in total. The number of hydrogen-bond donors (Lipinski definition) is 1. The van der Waals surface area contributed by atoms with Crippen molar-refractivity contribution in [3.05, 3.63) is 78.0 Å². The topological polar surface area (TPSA) is 54.5 Å². The molecule has 2 aromatic carbocycles. The number of carbonyl (C=O) groups excluding carboxylic acids is 1. The fraction of sp³-hybridized carbons (Fsp3) is 0.182. The number of amides is 1. The van der Waals surface area contributed by atoms with Crippen molar-refractivity contribution in [1.82, 2.24) is 4.98 Å². The highest BCUT2D eigenvalue weighted by atomic mass is 16.5. The van der Waals surface area contributed by atoms with E-state index in [-0.39, 0.29) is 5.91 Å². The number of nitrogens with one attached hydrogen (secondary N) is 1. The maximum atomic E-state index is 12.8. The number of aryl methyl sites for hydroxylation is 1. The Morgan fingerprint density at radius 1 is 1.11 bits per heavy atom. The summed E-state index contributed by atoms with van der Waals surface area (Å²) in [6.45, 7) is 4.56. The molecule has 0 spiro atoms. The molecule has 0 saturated heterocycles. The van der Waals surface area contributed by atoms with E-state index in [1.165, 1.54) is 0 Å². The lowest BCUT2D eigenvalue weighted by Gasteiger charge is -2.21. The molecule has 138 valence electrons. The summed E-state index contributed by atoms with van der Waals surface area (Å²) < 4.78 is 5.38. The van der Waals surface area contributed by atoms with E-state index in [4.69, 9.17) is 4.74 Å². The van der Waals surface area contributed by atoms with Crippen LogP contribution in [0.3, 0.4) is 0 Å². The van der Waals surface area contributed by atoms with Crippen molar-refractivity contribution >= 4 is 23.1 Å². The zero-order chi connectivity index (χ0) is 19.2. The normalized spacial score (nSPS) is 10.3. The minimum Gasteiger partial charge on any atom is -0.495 e. The number of benzene rings is 2. The molecule has 3 rings (SSSR count). The van der Waals surface area contributed by atoms with Crippen molar-refractivity contribution in [1.29, 1.82) is 0 Å². The van der Waals surface area contributed by atoms with Crippen LogP contribution in [0.5, 0.6) is 5.75 Å². The average molecular weight is 361 g/mol. The van der Waals surface area contributed by atoms with Gasteiger partial charge in [-0.2, -0.15) is 0 Å². The van der Waals surface area contributed by atoms with Crippen LogP contribution in [0.25, 0.3) is 0 Å². The third kappa shape index (κ3) is 4.26. The Bertz CT molecular complexity index is 909. The molecule has 0 aliphatic rings. The highest BCUT2D eigenvalue weighted by Crippen LogP contribution is 2.28. The summed E-state index contributed by atoms with van der Waals surface area (Å²) in [7, 11) is 1.63. The first-order chi connectivity index (χ1) is 13.1. The molecule has 0 radical (unpaired) electrons. The Hall–Kier alpha value is -3.34. The second-order valence-electron chi connectivity index (χ2n) is 6.15. The molecule has 1 amide bonds. The van der Waals surface area contributed by atoms with Crippen LogP contribution in [0.1, 0.15) is 22.8 Å². The van der Waals surface area contributed by atoms with Gasteiger partial charge in [-0.15, -0.1) is 0 Å². The number of anilines is 3. The summed E-state index contributed by atoms with van der Waals surface area (Å²) in [6, 6.07) is 19.1. The van der Waals surface area contributed by atoms with Crippen LogP contribution in [0.2, 0.25) is 0 Å². The van der Waals surface area contributed by atoms with Crippen LogP contribution in [0.4, 0.5) is 17.2 Å². The number of nitrogens with zero attached hydrogens (tertiary/aromatic N) is 2. The molecule has 0 bridgehead atoms. The quantitative estimate of drug-likeness (QED) is 0.685. The standard InChI is InChI=1S/C22H23N3O2/c1-4-25(18-8-6-5-7-9-18)22(26)17-11-13-21(23-15-17)24-19-14-16(2)10-12-20(19)27-3/h5-15H,4H2,1-3H3,(H,23,24). The molecule has 0 aliphatic heterocycles. The molecular formula is C22H23N3O2. The van der Waals surface area contributed by atoms with Gasteiger partial charge in [-0.05, 0) is 55.8 Å². The Labute approximate surface area is 159 Å². The highest BCUT2D eigenvalue weighted by Gasteiger charge is 2.16. The van der Waals surface area contributed by atoms with Gasteiger partial charge in [-0.25, -0.2) is 4.98 Å². The molecule has 0 aliphatic carbocycles. The third-order valence-corrected chi connectivity index (χ3v) is 4.26. The predicted molar refractivity (Wildman–Crippen MR) is 109 cm³/mol. The minimum absolute atomic E-state index is 0.0733. The van der Waals surface area contributed by atoms with Crippen molar-refractivity contribution in [2.75, 3.05) is 23.9 Å². The fourth-order valence-electron chi connectivity index (χ4n) is 2.86. The number of pyridine rings is 1. The molecule has 0 unspecified atom stereocenters. The van der Waals surface area contributed by atoms with Gasteiger partial charge in [0.2, 0.25) is 0 Å². The first-order valence-corrected chi connectivity index (χ1v) is 8.87. The van der Waals surface area contributed by atoms with Crippen LogP contribution >= 0.6 is 0 Å². The molecule has 3 aromatic rings. The van der Waals surface area contributed by atoms with Crippen LogP contribution in [-0.2, 0) is 0 Å². The van der Waals surface area contributed by atoms with E-state index in [2.05, 4.69) is 10.3 Å². The van der Waals surface area contributed by atoms with Gasteiger partial charge >= 0.3 is 0 Å². The summed E-state index contributed by atoms with van der Waals surface area (Å²) in [6.07, 6.45) is 1.60. The van der Waals surface area contributed by atoms with Crippen molar-refractivity contribution in [3.8, 4) is 5.75 Å². The lowest BCUT2D eigenvalue weighted by molar-refractivity contribution is 0.0988. The molecule has 27 heavy (non-hydrogen) atoms. The van der Waals surface area contributed by atoms with E-state index in [1.807, 2.05) is 62.4 Å². The first kappa shape index (κ1) is 18.5. The van der Waals surface area contributed by atoms with E-state index in [0.717, 1.165) is 22.7 Å². The van der Waals surface area contributed by atoms with Gasteiger partial charge in [0.1, 0.15) is 11.6 Å².